The second kappa shape index (κ2) is 3.14. The van der Waals surface area contributed by atoms with Crippen molar-refractivity contribution in [3.05, 3.63) is 0 Å². The van der Waals surface area contributed by atoms with Gasteiger partial charge in [-0.2, -0.15) is 0 Å². The van der Waals surface area contributed by atoms with Crippen molar-refractivity contribution in [3.63, 3.8) is 0 Å². The summed E-state index contributed by atoms with van der Waals surface area (Å²) in [4.78, 5) is 10.3. The van der Waals surface area contributed by atoms with Crippen LogP contribution >= 0.6 is 15.9 Å². The Labute approximate surface area is 60.6 Å². The van der Waals surface area contributed by atoms with Crippen LogP contribution in [-0.4, -0.2) is 27.5 Å². The summed E-state index contributed by atoms with van der Waals surface area (Å²) in [7, 11) is 0. The number of aliphatic hydroxyl groups is 2. The number of hydrogen-bond acceptors (Lipinski definition) is 4. The van der Waals surface area contributed by atoms with E-state index in [1.54, 1.807) is 6.92 Å². The van der Waals surface area contributed by atoms with Crippen molar-refractivity contribution in [2.24, 2.45) is 0 Å². The van der Waals surface area contributed by atoms with Gasteiger partial charge >= 0.3 is 10.7 Å². The van der Waals surface area contributed by atoms with Crippen molar-refractivity contribution < 1.29 is 19.7 Å². The Morgan fingerprint density at radius 2 is 2.22 bits per heavy atom. The highest BCUT2D eigenvalue weighted by Gasteiger charge is 2.30. The molecule has 0 aliphatic rings. The molecule has 0 atom stereocenters. The SMILES string of the molecule is CCOC(=O)C(O)(O)Br. The van der Waals surface area contributed by atoms with Crippen molar-refractivity contribution in [1.29, 1.82) is 0 Å². The zero-order valence-corrected chi connectivity index (χ0v) is 6.38. The quantitative estimate of drug-likeness (QED) is 0.360. The maximum atomic E-state index is 10.3. The van der Waals surface area contributed by atoms with Crippen LogP contribution in [0.4, 0.5) is 0 Å². The van der Waals surface area contributed by atoms with Gasteiger partial charge < -0.3 is 14.9 Å². The lowest BCUT2D eigenvalue weighted by Gasteiger charge is -2.10. The number of ether oxygens (including phenoxy) is 1. The molecule has 0 heterocycles. The van der Waals surface area contributed by atoms with E-state index >= 15 is 0 Å². The number of esters is 1. The highest BCUT2D eigenvalue weighted by Crippen LogP contribution is 2.10. The molecule has 0 unspecified atom stereocenters. The molecule has 2 N–H and O–H groups in total. The predicted octanol–water partition coefficient (Wildman–Crippen LogP) is -0.417. The summed E-state index contributed by atoms with van der Waals surface area (Å²) in [5, 5.41) is 16.8. The Morgan fingerprint density at radius 3 is 2.33 bits per heavy atom. The molecule has 0 amide bonds. The molecule has 0 saturated heterocycles. The van der Waals surface area contributed by atoms with Gasteiger partial charge in [0.05, 0.1) is 6.61 Å². The first-order valence-electron chi connectivity index (χ1n) is 2.29. The van der Waals surface area contributed by atoms with E-state index < -0.39 is 10.7 Å². The van der Waals surface area contributed by atoms with Crippen LogP contribution in [0.15, 0.2) is 0 Å². The van der Waals surface area contributed by atoms with Crippen LogP contribution < -0.4 is 0 Å². The molecule has 9 heavy (non-hydrogen) atoms. The second-order valence-corrected chi connectivity index (χ2v) is 2.41. The molecule has 0 aromatic heterocycles. The first-order valence-corrected chi connectivity index (χ1v) is 3.08. The van der Waals surface area contributed by atoms with E-state index in [4.69, 9.17) is 10.2 Å². The molecule has 0 bridgehead atoms. The fourth-order valence-electron chi connectivity index (χ4n) is 0.223. The minimum Gasteiger partial charge on any atom is -0.461 e. The summed E-state index contributed by atoms with van der Waals surface area (Å²) in [6.45, 7) is 1.68. The topological polar surface area (TPSA) is 66.8 Å². The molecule has 54 valence electrons. The van der Waals surface area contributed by atoms with Crippen molar-refractivity contribution in [3.8, 4) is 0 Å². The van der Waals surface area contributed by atoms with Crippen molar-refractivity contribution in [2.45, 2.75) is 11.6 Å². The van der Waals surface area contributed by atoms with E-state index in [0.29, 0.717) is 0 Å². The van der Waals surface area contributed by atoms with Gasteiger partial charge in [-0.05, 0) is 22.9 Å². The van der Waals surface area contributed by atoms with Gasteiger partial charge in [-0.3, -0.25) is 0 Å². The summed E-state index contributed by atoms with van der Waals surface area (Å²) < 4.78 is 1.68. The summed E-state index contributed by atoms with van der Waals surface area (Å²) in [5.41, 5.74) is 0. The normalized spacial score (nSPS) is 11.1. The zero-order valence-electron chi connectivity index (χ0n) is 4.80. The highest BCUT2D eigenvalue weighted by atomic mass is 79.9. The molecule has 0 aliphatic carbocycles. The number of hydrogen-bond donors (Lipinski definition) is 2. The van der Waals surface area contributed by atoms with E-state index in [1.807, 2.05) is 0 Å². The molecular weight excluding hydrogens is 192 g/mol. The number of carbonyl (C=O) groups excluding carboxylic acids is 1. The van der Waals surface area contributed by atoms with Crippen LogP contribution in [0.3, 0.4) is 0 Å². The van der Waals surface area contributed by atoms with Gasteiger partial charge in [0.1, 0.15) is 0 Å². The molecule has 0 radical (unpaired) electrons. The van der Waals surface area contributed by atoms with Crippen LogP contribution in [0.1, 0.15) is 6.92 Å². The molecule has 0 saturated carbocycles. The standard InChI is InChI=1S/C4H7BrO4/c1-2-9-3(6)4(5,7)8/h7-8H,2H2,1H3. The number of halogens is 1. The molecular formula is C4H7BrO4. The third-order valence-electron chi connectivity index (χ3n) is 0.535. The number of carbonyl (C=O) groups is 1. The maximum Gasteiger partial charge on any atom is 0.378 e. The molecule has 0 aromatic carbocycles. The Hall–Kier alpha value is -0.130. The van der Waals surface area contributed by atoms with Crippen LogP contribution in [-0.2, 0) is 9.53 Å². The van der Waals surface area contributed by atoms with E-state index in [2.05, 4.69) is 20.7 Å². The van der Waals surface area contributed by atoms with E-state index in [1.165, 1.54) is 0 Å². The van der Waals surface area contributed by atoms with Gasteiger partial charge in [-0.15, -0.1) is 0 Å². The monoisotopic (exact) mass is 198 g/mol. The van der Waals surface area contributed by atoms with Crippen LogP contribution in [0.2, 0.25) is 0 Å². The maximum absolute atomic E-state index is 10.3. The predicted molar refractivity (Wildman–Crippen MR) is 32.7 cm³/mol. The lowest BCUT2D eigenvalue weighted by Crippen LogP contribution is -2.32. The smallest absolute Gasteiger partial charge is 0.378 e. The van der Waals surface area contributed by atoms with E-state index in [0.717, 1.165) is 0 Å². The van der Waals surface area contributed by atoms with Gasteiger partial charge in [-0.25, -0.2) is 4.79 Å². The van der Waals surface area contributed by atoms with Gasteiger partial charge in [0.15, 0.2) is 0 Å². The van der Waals surface area contributed by atoms with Crippen molar-refractivity contribution in [2.75, 3.05) is 6.61 Å². The van der Waals surface area contributed by atoms with Crippen molar-refractivity contribution >= 4 is 21.9 Å². The Bertz CT molecular complexity index is 106. The molecule has 0 rings (SSSR count). The van der Waals surface area contributed by atoms with Crippen molar-refractivity contribution in [1.82, 2.24) is 0 Å². The summed E-state index contributed by atoms with van der Waals surface area (Å²) in [5.74, 6) is -1.11. The molecule has 0 aromatic rings. The van der Waals surface area contributed by atoms with Crippen LogP contribution in [0, 0.1) is 0 Å². The fraction of sp³-hybridized carbons (Fsp3) is 0.750. The molecule has 0 fully saturated rings. The molecule has 4 nitrogen and oxygen atoms in total. The average Bonchev–Trinajstić information content (AvgIpc) is 1.64. The fourth-order valence-corrected chi connectivity index (χ4v) is 0.337. The lowest BCUT2D eigenvalue weighted by molar-refractivity contribution is -0.179. The first kappa shape index (κ1) is 8.87. The van der Waals surface area contributed by atoms with Crippen LogP contribution in [0.5, 0.6) is 0 Å². The van der Waals surface area contributed by atoms with Gasteiger partial charge in [0.25, 0.3) is 0 Å². The Balaban J connectivity index is 3.74. The Morgan fingerprint density at radius 1 is 1.78 bits per heavy atom. The van der Waals surface area contributed by atoms with Gasteiger partial charge in [0.2, 0.25) is 0 Å². The zero-order chi connectivity index (χ0) is 7.49. The lowest BCUT2D eigenvalue weighted by atomic mass is 10.6. The van der Waals surface area contributed by atoms with Gasteiger partial charge in [0, 0.05) is 0 Å². The summed E-state index contributed by atoms with van der Waals surface area (Å²) >= 11 is 2.28. The molecule has 5 heteroatoms. The third-order valence-corrected chi connectivity index (χ3v) is 0.859. The van der Waals surface area contributed by atoms with E-state index in [-0.39, 0.29) is 6.61 Å². The largest absolute Gasteiger partial charge is 0.461 e. The minimum atomic E-state index is -2.54. The molecule has 0 aliphatic heterocycles. The Kier molecular flexibility index (Phi) is 3.10. The third kappa shape index (κ3) is 3.45. The summed E-state index contributed by atoms with van der Waals surface area (Å²) in [6, 6.07) is 0. The summed E-state index contributed by atoms with van der Waals surface area (Å²) in [6.07, 6.45) is 0. The number of alkyl halides is 1. The van der Waals surface area contributed by atoms with Gasteiger partial charge in [-0.1, -0.05) is 0 Å². The highest BCUT2D eigenvalue weighted by molar-refractivity contribution is 9.10. The molecule has 0 spiro atoms. The second-order valence-electron chi connectivity index (χ2n) is 1.31. The van der Waals surface area contributed by atoms with Crippen LogP contribution in [0.25, 0.3) is 0 Å². The average molecular weight is 199 g/mol. The first-order chi connectivity index (χ1) is 3.98. The van der Waals surface area contributed by atoms with E-state index in [9.17, 15) is 4.79 Å². The minimum absolute atomic E-state index is 0.118. The number of rotatable bonds is 2.